The molecule has 0 radical (unpaired) electrons. The topological polar surface area (TPSA) is 59.1 Å². The van der Waals surface area contributed by atoms with E-state index in [1.807, 2.05) is 6.92 Å². The number of hydrogen-bond acceptors (Lipinski definition) is 3. The second-order valence-electron chi connectivity index (χ2n) is 3.48. The quantitative estimate of drug-likeness (QED) is 0.854. The Balaban J connectivity index is 2.58. The summed E-state index contributed by atoms with van der Waals surface area (Å²) in [4.78, 5) is 15.6. The van der Waals surface area contributed by atoms with Crippen LogP contribution in [0.1, 0.15) is 17.3 Å². The fourth-order valence-electron chi connectivity index (χ4n) is 1.21. The lowest BCUT2D eigenvalue weighted by atomic mass is 10.2. The third-order valence-electron chi connectivity index (χ3n) is 1.85. The molecule has 1 N–H and O–H groups in total. The van der Waals surface area contributed by atoms with Crippen LogP contribution in [0.25, 0.3) is 0 Å². The first-order valence-electron chi connectivity index (χ1n) is 4.71. The summed E-state index contributed by atoms with van der Waals surface area (Å²) in [5.74, 6) is 0.258. The van der Waals surface area contributed by atoms with E-state index in [2.05, 4.69) is 26.2 Å². The van der Waals surface area contributed by atoms with Crippen molar-refractivity contribution in [2.45, 2.75) is 13.0 Å². The van der Waals surface area contributed by atoms with Gasteiger partial charge in [0.2, 0.25) is 0 Å². The van der Waals surface area contributed by atoms with Gasteiger partial charge in [0.15, 0.2) is 0 Å². The molecule has 6 heteroatoms. The molecule has 0 fully saturated rings. The van der Waals surface area contributed by atoms with Gasteiger partial charge in [-0.3, -0.25) is 9.00 Å². The maximum atomic E-state index is 11.7. The minimum atomic E-state index is -0.910. The second-order valence-corrected chi connectivity index (χ2v) is 5.78. The minimum Gasteiger partial charge on any atom is -0.349 e. The van der Waals surface area contributed by atoms with Crippen LogP contribution in [0.4, 0.5) is 0 Å². The highest BCUT2D eigenvalue weighted by atomic mass is 79.9. The normalized spacial score (nSPS) is 14.2. The van der Waals surface area contributed by atoms with Crippen molar-refractivity contribution in [3.63, 3.8) is 0 Å². The number of nitrogens with one attached hydrogen (secondary N) is 1. The number of rotatable bonds is 4. The fraction of sp³-hybridized carbons (Fsp3) is 0.400. The summed E-state index contributed by atoms with van der Waals surface area (Å²) >= 11 is 3.20. The molecule has 0 aliphatic carbocycles. The third-order valence-corrected chi connectivity index (χ3v) is 3.29. The molecule has 2 unspecified atom stereocenters. The number of carbonyl (C=O) groups excluding carboxylic acids is 1. The molecule has 0 aliphatic rings. The van der Waals surface area contributed by atoms with Crippen LogP contribution in [0.15, 0.2) is 22.9 Å². The molecule has 0 aromatic carbocycles. The number of carbonyl (C=O) groups is 1. The van der Waals surface area contributed by atoms with Gasteiger partial charge in [-0.05, 0) is 35.0 Å². The smallest absolute Gasteiger partial charge is 0.253 e. The highest BCUT2D eigenvalue weighted by Crippen LogP contribution is 2.06. The highest BCUT2D eigenvalue weighted by molar-refractivity contribution is 9.10. The highest BCUT2D eigenvalue weighted by Gasteiger charge is 2.10. The monoisotopic (exact) mass is 304 g/mol. The van der Waals surface area contributed by atoms with Crippen LogP contribution < -0.4 is 5.32 Å². The summed E-state index contributed by atoms with van der Waals surface area (Å²) in [5, 5.41) is 2.76. The predicted molar refractivity (Wildman–Crippen MR) is 67.8 cm³/mol. The SMILES string of the molecule is CC(CS(C)=O)NC(=O)c1ccc(Br)nc1. The molecule has 0 bridgehead atoms. The molecule has 88 valence electrons. The van der Waals surface area contributed by atoms with Crippen molar-refractivity contribution in [1.29, 1.82) is 0 Å². The average Bonchev–Trinajstić information content (AvgIpc) is 2.16. The number of hydrogen-bond donors (Lipinski definition) is 1. The van der Waals surface area contributed by atoms with Crippen molar-refractivity contribution >= 4 is 32.6 Å². The van der Waals surface area contributed by atoms with Gasteiger partial charge in [0.1, 0.15) is 4.60 Å². The molecule has 4 nitrogen and oxygen atoms in total. The Morgan fingerprint density at radius 1 is 1.62 bits per heavy atom. The van der Waals surface area contributed by atoms with Gasteiger partial charge < -0.3 is 5.32 Å². The first kappa shape index (κ1) is 13.3. The number of nitrogens with zero attached hydrogens (tertiary/aromatic N) is 1. The summed E-state index contributed by atoms with van der Waals surface area (Å²) in [6.07, 6.45) is 3.11. The lowest BCUT2D eigenvalue weighted by molar-refractivity contribution is 0.0943. The third kappa shape index (κ3) is 4.40. The van der Waals surface area contributed by atoms with Gasteiger partial charge in [-0.25, -0.2) is 4.98 Å². The zero-order valence-corrected chi connectivity index (χ0v) is 11.5. The van der Waals surface area contributed by atoms with Crippen molar-refractivity contribution in [2.75, 3.05) is 12.0 Å². The van der Waals surface area contributed by atoms with Crippen molar-refractivity contribution in [2.24, 2.45) is 0 Å². The Bertz CT molecular complexity index is 394. The van der Waals surface area contributed by atoms with Crippen molar-refractivity contribution in [3.05, 3.63) is 28.5 Å². The molecule has 0 spiro atoms. The molecule has 2 atom stereocenters. The van der Waals surface area contributed by atoms with E-state index in [4.69, 9.17) is 0 Å². The Kier molecular flexibility index (Phi) is 5.08. The standard InChI is InChI=1S/C10H13BrN2O2S/c1-7(6-16(2)15)13-10(14)8-3-4-9(11)12-5-8/h3-5,7H,6H2,1-2H3,(H,13,14). The molecular weight excluding hydrogens is 292 g/mol. The van der Waals surface area contributed by atoms with E-state index < -0.39 is 10.8 Å². The van der Waals surface area contributed by atoms with Gasteiger partial charge in [-0.15, -0.1) is 0 Å². The maximum absolute atomic E-state index is 11.7. The average molecular weight is 305 g/mol. The molecule has 1 aromatic rings. The van der Waals surface area contributed by atoms with Crippen LogP contribution in [0, 0.1) is 0 Å². The van der Waals surface area contributed by atoms with Crippen LogP contribution in [0.5, 0.6) is 0 Å². The van der Waals surface area contributed by atoms with Gasteiger partial charge in [0.25, 0.3) is 5.91 Å². The Morgan fingerprint density at radius 2 is 2.31 bits per heavy atom. The van der Waals surface area contributed by atoms with E-state index in [-0.39, 0.29) is 11.9 Å². The molecule has 16 heavy (non-hydrogen) atoms. The molecule has 0 saturated heterocycles. The lowest BCUT2D eigenvalue weighted by Crippen LogP contribution is -2.36. The van der Waals surface area contributed by atoms with Gasteiger partial charge in [0.05, 0.1) is 5.56 Å². The summed E-state index contributed by atoms with van der Waals surface area (Å²) in [5.41, 5.74) is 0.497. The van der Waals surface area contributed by atoms with Crippen LogP contribution in [-0.4, -0.2) is 33.2 Å². The minimum absolute atomic E-state index is 0.109. The van der Waals surface area contributed by atoms with Crippen LogP contribution in [-0.2, 0) is 10.8 Å². The van der Waals surface area contributed by atoms with Crippen molar-refractivity contribution in [1.82, 2.24) is 10.3 Å². The lowest BCUT2D eigenvalue weighted by Gasteiger charge is -2.11. The zero-order valence-electron chi connectivity index (χ0n) is 9.07. The number of halogens is 1. The molecule has 1 amide bonds. The summed E-state index contributed by atoms with van der Waals surface area (Å²) in [6.45, 7) is 1.82. The van der Waals surface area contributed by atoms with Gasteiger partial charge in [-0.2, -0.15) is 0 Å². The molecule has 1 heterocycles. The molecule has 0 saturated carbocycles. The fourth-order valence-corrected chi connectivity index (χ4v) is 2.23. The van der Waals surface area contributed by atoms with Gasteiger partial charge in [0, 0.05) is 35.0 Å². The number of pyridine rings is 1. The van der Waals surface area contributed by atoms with Crippen molar-refractivity contribution in [3.8, 4) is 0 Å². The van der Waals surface area contributed by atoms with Crippen LogP contribution >= 0.6 is 15.9 Å². The summed E-state index contributed by atoms with van der Waals surface area (Å²) in [6, 6.07) is 3.28. The maximum Gasteiger partial charge on any atom is 0.253 e. The van der Waals surface area contributed by atoms with E-state index in [0.717, 1.165) is 0 Å². The Hall–Kier alpha value is -0.750. The van der Waals surface area contributed by atoms with E-state index in [1.54, 1.807) is 18.4 Å². The largest absolute Gasteiger partial charge is 0.349 e. The zero-order chi connectivity index (χ0) is 12.1. The Morgan fingerprint density at radius 3 is 2.81 bits per heavy atom. The predicted octanol–water partition coefficient (Wildman–Crippen LogP) is 1.34. The van der Waals surface area contributed by atoms with E-state index in [1.165, 1.54) is 6.20 Å². The van der Waals surface area contributed by atoms with Crippen LogP contribution in [0.3, 0.4) is 0 Å². The summed E-state index contributed by atoms with van der Waals surface area (Å²) in [7, 11) is -0.910. The first-order chi connectivity index (χ1) is 7.49. The van der Waals surface area contributed by atoms with Crippen LogP contribution in [0.2, 0.25) is 0 Å². The molecule has 1 rings (SSSR count). The van der Waals surface area contributed by atoms with Gasteiger partial charge in [-0.1, -0.05) is 0 Å². The first-order valence-corrected chi connectivity index (χ1v) is 7.23. The molecular formula is C10H13BrN2O2S. The molecule has 1 aromatic heterocycles. The van der Waals surface area contributed by atoms with Crippen molar-refractivity contribution < 1.29 is 9.00 Å². The molecule has 0 aliphatic heterocycles. The number of amides is 1. The van der Waals surface area contributed by atoms with E-state index >= 15 is 0 Å². The van der Waals surface area contributed by atoms with E-state index in [9.17, 15) is 9.00 Å². The van der Waals surface area contributed by atoms with E-state index in [0.29, 0.717) is 15.9 Å². The second kappa shape index (κ2) is 6.10. The van der Waals surface area contributed by atoms with Gasteiger partial charge >= 0.3 is 0 Å². The summed E-state index contributed by atoms with van der Waals surface area (Å²) < 4.78 is 11.6. The number of aromatic nitrogens is 1. The Labute approximate surface area is 105 Å².